The van der Waals surface area contributed by atoms with Gasteiger partial charge in [-0.1, -0.05) is 0 Å². The highest BCUT2D eigenvalue weighted by Crippen LogP contribution is 2.49. The van der Waals surface area contributed by atoms with Crippen LogP contribution in [0.5, 0.6) is 0 Å². The lowest BCUT2D eigenvalue weighted by Crippen LogP contribution is -2.22. The zero-order valence-electron chi connectivity index (χ0n) is 10.6. The van der Waals surface area contributed by atoms with E-state index in [0.29, 0.717) is 12.1 Å². The lowest BCUT2D eigenvalue weighted by Gasteiger charge is -2.01. The molecule has 1 aliphatic carbocycles. The third-order valence-corrected chi connectivity index (χ3v) is 3.38. The number of halogens is 2. The molecule has 1 aliphatic rings. The van der Waals surface area contributed by atoms with Crippen LogP contribution in [-0.4, -0.2) is 20.2 Å². The molecule has 3 rings (SSSR count). The van der Waals surface area contributed by atoms with Gasteiger partial charge in [0.25, 0.3) is 11.6 Å². The van der Waals surface area contributed by atoms with Crippen molar-refractivity contribution in [3.63, 3.8) is 0 Å². The molecule has 0 aromatic carbocycles. The van der Waals surface area contributed by atoms with Gasteiger partial charge in [0.05, 0.1) is 11.8 Å². The van der Waals surface area contributed by atoms with E-state index in [1.807, 2.05) is 0 Å². The first-order valence-corrected chi connectivity index (χ1v) is 6.22. The van der Waals surface area contributed by atoms with E-state index < -0.39 is 17.3 Å². The van der Waals surface area contributed by atoms with Crippen LogP contribution in [0.15, 0.2) is 40.2 Å². The summed E-state index contributed by atoms with van der Waals surface area (Å²) in [5, 5.41) is 7.64. The Labute approximate surface area is 116 Å². The van der Waals surface area contributed by atoms with Crippen LogP contribution in [0.2, 0.25) is 0 Å². The second kappa shape index (κ2) is 5.04. The Morgan fingerprint density at radius 3 is 2.90 bits per heavy atom. The molecule has 0 saturated heterocycles. The Bertz CT molecular complexity index is 823. The van der Waals surface area contributed by atoms with Crippen LogP contribution >= 0.6 is 0 Å². The highest BCUT2D eigenvalue weighted by molar-refractivity contribution is 5.57. The SMILES string of the molecule is O=c1[nH]cc(-c2cc([C@H]3C[C@@H]3C=C(F)F)cnn2)c(=O)[nH]1. The molecule has 0 radical (unpaired) electrons. The summed E-state index contributed by atoms with van der Waals surface area (Å²) in [6, 6.07) is 1.63. The van der Waals surface area contributed by atoms with Crippen LogP contribution in [0.25, 0.3) is 11.3 Å². The number of H-pyrrole nitrogens is 2. The Kier molecular flexibility index (Phi) is 3.20. The van der Waals surface area contributed by atoms with Crippen molar-refractivity contribution in [2.45, 2.75) is 12.3 Å². The molecule has 2 atom stereocenters. The van der Waals surface area contributed by atoms with Gasteiger partial charge in [0.2, 0.25) is 0 Å². The van der Waals surface area contributed by atoms with Crippen molar-refractivity contribution in [3.8, 4) is 11.3 Å². The summed E-state index contributed by atoms with van der Waals surface area (Å²) in [6.45, 7) is 0. The Morgan fingerprint density at radius 2 is 2.19 bits per heavy atom. The molecule has 108 valence electrons. The van der Waals surface area contributed by atoms with Crippen molar-refractivity contribution in [2.24, 2.45) is 5.92 Å². The van der Waals surface area contributed by atoms with Crippen LogP contribution in [0.1, 0.15) is 17.9 Å². The van der Waals surface area contributed by atoms with Gasteiger partial charge in [0.1, 0.15) is 5.69 Å². The summed E-state index contributed by atoms with van der Waals surface area (Å²) in [5.41, 5.74) is 0.0211. The molecule has 0 spiro atoms. The summed E-state index contributed by atoms with van der Waals surface area (Å²) in [4.78, 5) is 27.1. The third kappa shape index (κ3) is 2.78. The molecule has 0 aliphatic heterocycles. The Hall–Kier alpha value is -2.64. The van der Waals surface area contributed by atoms with Gasteiger partial charge >= 0.3 is 5.69 Å². The number of rotatable bonds is 3. The molecular weight excluding hydrogens is 282 g/mol. The van der Waals surface area contributed by atoms with Crippen molar-refractivity contribution in [1.29, 1.82) is 0 Å². The highest BCUT2D eigenvalue weighted by atomic mass is 19.3. The molecule has 0 amide bonds. The van der Waals surface area contributed by atoms with E-state index in [0.717, 1.165) is 11.6 Å². The van der Waals surface area contributed by atoms with Crippen molar-refractivity contribution >= 4 is 0 Å². The average Bonchev–Trinajstić information content (AvgIpc) is 3.17. The maximum atomic E-state index is 12.2. The largest absolute Gasteiger partial charge is 0.325 e. The zero-order chi connectivity index (χ0) is 15.0. The topological polar surface area (TPSA) is 91.5 Å². The number of aromatic amines is 2. The van der Waals surface area contributed by atoms with Gasteiger partial charge in [-0.15, -0.1) is 0 Å². The smallest absolute Gasteiger partial charge is 0.313 e. The minimum absolute atomic E-state index is 0.0393. The van der Waals surface area contributed by atoms with Crippen LogP contribution in [0, 0.1) is 5.92 Å². The first kappa shape index (κ1) is 13.3. The predicted molar refractivity (Wildman–Crippen MR) is 69.9 cm³/mol. The van der Waals surface area contributed by atoms with E-state index in [-0.39, 0.29) is 17.4 Å². The molecule has 2 N–H and O–H groups in total. The lowest BCUT2D eigenvalue weighted by atomic mass is 10.1. The standard InChI is InChI=1S/C13H10F2N4O2/c14-11(15)3-6-1-8(6)7-2-10(19-17-4-7)9-5-16-13(21)18-12(9)20/h2-6,8H,1H2,(H2,16,18,20,21)/t6-,8+/m1/s1. The quantitative estimate of drug-likeness (QED) is 0.894. The van der Waals surface area contributed by atoms with E-state index in [4.69, 9.17) is 0 Å². The number of nitrogens with zero attached hydrogens (tertiary/aromatic N) is 2. The second-order valence-corrected chi connectivity index (χ2v) is 4.82. The zero-order valence-corrected chi connectivity index (χ0v) is 10.6. The molecule has 1 saturated carbocycles. The molecular formula is C13H10F2N4O2. The monoisotopic (exact) mass is 292 g/mol. The van der Waals surface area contributed by atoms with Crippen LogP contribution in [-0.2, 0) is 0 Å². The first-order valence-electron chi connectivity index (χ1n) is 6.22. The fourth-order valence-corrected chi connectivity index (χ4v) is 2.26. The summed E-state index contributed by atoms with van der Waals surface area (Å²) < 4.78 is 24.4. The number of hydrogen-bond donors (Lipinski definition) is 2. The highest BCUT2D eigenvalue weighted by Gasteiger charge is 2.37. The van der Waals surface area contributed by atoms with Crippen molar-refractivity contribution in [3.05, 3.63) is 57.0 Å². The minimum atomic E-state index is -1.69. The van der Waals surface area contributed by atoms with E-state index in [1.54, 1.807) is 6.07 Å². The maximum absolute atomic E-state index is 12.2. The third-order valence-electron chi connectivity index (χ3n) is 3.38. The van der Waals surface area contributed by atoms with E-state index in [9.17, 15) is 18.4 Å². The summed E-state index contributed by atoms with van der Waals surface area (Å²) in [6.07, 6.45) is 2.60. The van der Waals surface area contributed by atoms with Gasteiger partial charge in [-0.2, -0.15) is 19.0 Å². The summed E-state index contributed by atoms with van der Waals surface area (Å²) >= 11 is 0. The van der Waals surface area contributed by atoms with Crippen LogP contribution in [0.3, 0.4) is 0 Å². The second-order valence-electron chi connectivity index (χ2n) is 4.82. The van der Waals surface area contributed by atoms with E-state index in [2.05, 4.69) is 20.2 Å². The Morgan fingerprint density at radius 1 is 1.38 bits per heavy atom. The van der Waals surface area contributed by atoms with Gasteiger partial charge in [-0.25, -0.2) is 4.79 Å². The van der Waals surface area contributed by atoms with Gasteiger partial charge in [0, 0.05) is 6.20 Å². The summed E-state index contributed by atoms with van der Waals surface area (Å²) in [5.74, 6) is -0.247. The number of allylic oxidation sites excluding steroid dienone is 1. The van der Waals surface area contributed by atoms with Crippen molar-refractivity contribution in [1.82, 2.24) is 20.2 Å². The minimum Gasteiger partial charge on any atom is -0.313 e. The van der Waals surface area contributed by atoms with Crippen LogP contribution in [0.4, 0.5) is 8.78 Å². The average molecular weight is 292 g/mol. The van der Waals surface area contributed by atoms with Gasteiger partial charge < -0.3 is 4.98 Å². The summed E-state index contributed by atoms with van der Waals surface area (Å²) in [7, 11) is 0. The molecule has 21 heavy (non-hydrogen) atoms. The molecule has 8 heteroatoms. The number of nitrogens with one attached hydrogen (secondary N) is 2. The predicted octanol–water partition coefficient (Wildman–Crippen LogP) is 1.40. The van der Waals surface area contributed by atoms with E-state index >= 15 is 0 Å². The van der Waals surface area contributed by atoms with Crippen molar-refractivity contribution in [2.75, 3.05) is 0 Å². The fraction of sp³-hybridized carbons (Fsp3) is 0.231. The molecule has 6 nitrogen and oxygen atoms in total. The molecule has 2 aromatic rings. The van der Waals surface area contributed by atoms with E-state index in [1.165, 1.54) is 12.4 Å². The molecule has 2 heterocycles. The Balaban J connectivity index is 1.93. The lowest BCUT2D eigenvalue weighted by molar-refractivity contribution is 0.416. The first-order chi connectivity index (χ1) is 10.0. The molecule has 1 fully saturated rings. The number of hydrogen-bond acceptors (Lipinski definition) is 4. The fourth-order valence-electron chi connectivity index (χ4n) is 2.26. The van der Waals surface area contributed by atoms with Gasteiger partial charge in [0.15, 0.2) is 0 Å². The molecule has 0 unspecified atom stereocenters. The maximum Gasteiger partial charge on any atom is 0.325 e. The van der Waals surface area contributed by atoms with Gasteiger partial charge in [-0.05, 0) is 36.0 Å². The molecule has 0 bridgehead atoms. The van der Waals surface area contributed by atoms with Gasteiger partial charge in [-0.3, -0.25) is 9.78 Å². The normalized spacial score (nSPS) is 20.1. The molecule has 2 aromatic heterocycles. The van der Waals surface area contributed by atoms with Crippen molar-refractivity contribution < 1.29 is 8.78 Å². The number of aromatic nitrogens is 4. The van der Waals surface area contributed by atoms with Crippen LogP contribution < -0.4 is 11.2 Å².